The second kappa shape index (κ2) is 9.23. The molecule has 0 radical (unpaired) electrons. The van der Waals surface area contributed by atoms with Crippen LogP contribution in [0.25, 0.3) is 0 Å². The Morgan fingerprint density at radius 3 is 2.29 bits per heavy atom. The normalized spacial score (nSPS) is 12.6. The van der Waals surface area contributed by atoms with Gasteiger partial charge in [0.05, 0.1) is 0 Å². The number of unbranched alkanes of at least 4 members (excludes halogenated alkanes) is 5. The first kappa shape index (κ1) is 14.2. The van der Waals surface area contributed by atoms with Crippen LogP contribution in [0.5, 0.6) is 0 Å². The minimum absolute atomic E-state index is 0.479. The lowest BCUT2D eigenvalue weighted by Gasteiger charge is -2.13. The molecule has 0 saturated heterocycles. The van der Waals surface area contributed by atoms with Crippen LogP contribution in [0.1, 0.15) is 64.0 Å². The maximum Gasteiger partial charge on any atom is 0.0291 e. The van der Waals surface area contributed by atoms with E-state index in [2.05, 4.69) is 49.5 Å². The van der Waals surface area contributed by atoms with Gasteiger partial charge in [-0.2, -0.15) is 0 Å². The summed E-state index contributed by atoms with van der Waals surface area (Å²) < 4.78 is 0. The summed E-state index contributed by atoms with van der Waals surface area (Å²) in [5, 5.41) is 3.59. The van der Waals surface area contributed by atoms with E-state index in [4.69, 9.17) is 0 Å². The summed E-state index contributed by atoms with van der Waals surface area (Å²) in [5.41, 5.74) is 1.39. The predicted molar refractivity (Wildman–Crippen MR) is 76.2 cm³/mol. The number of benzene rings is 1. The number of hydrogen-bond acceptors (Lipinski definition) is 1. The Morgan fingerprint density at radius 1 is 0.941 bits per heavy atom. The molecule has 0 aliphatic carbocycles. The minimum atomic E-state index is 0.479. The van der Waals surface area contributed by atoms with E-state index in [0.29, 0.717) is 6.04 Å². The van der Waals surface area contributed by atoms with E-state index < -0.39 is 0 Å². The molecule has 0 heterocycles. The zero-order valence-corrected chi connectivity index (χ0v) is 11.4. The van der Waals surface area contributed by atoms with Gasteiger partial charge in [0.1, 0.15) is 0 Å². The van der Waals surface area contributed by atoms with Crippen LogP contribution < -0.4 is 5.32 Å². The molecular formula is C16H27N. The molecule has 0 unspecified atom stereocenters. The zero-order chi connectivity index (χ0) is 12.3. The highest BCUT2D eigenvalue weighted by Gasteiger charge is 2.02. The first-order valence-corrected chi connectivity index (χ1v) is 7.13. The summed E-state index contributed by atoms with van der Waals surface area (Å²) in [6.07, 6.45) is 8.21. The highest BCUT2D eigenvalue weighted by atomic mass is 14.9. The van der Waals surface area contributed by atoms with Crippen molar-refractivity contribution in [2.24, 2.45) is 0 Å². The molecule has 0 spiro atoms. The molecular weight excluding hydrogens is 206 g/mol. The maximum absolute atomic E-state index is 3.59. The van der Waals surface area contributed by atoms with Gasteiger partial charge in [-0.25, -0.2) is 0 Å². The van der Waals surface area contributed by atoms with Crippen LogP contribution in [0.2, 0.25) is 0 Å². The molecule has 1 heteroatoms. The minimum Gasteiger partial charge on any atom is -0.310 e. The number of rotatable bonds is 9. The molecule has 0 fully saturated rings. The molecule has 1 atom stereocenters. The van der Waals surface area contributed by atoms with Gasteiger partial charge in [-0.3, -0.25) is 0 Å². The third-order valence-corrected chi connectivity index (χ3v) is 3.28. The van der Waals surface area contributed by atoms with Gasteiger partial charge in [0.15, 0.2) is 0 Å². The van der Waals surface area contributed by atoms with Gasteiger partial charge in [0.2, 0.25) is 0 Å². The van der Waals surface area contributed by atoms with E-state index in [-0.39, 0.29) is 0 Å². The zero-order valence-electron chi connectivity index (χ0n) is 11.4. The van der Waals surface area contributed by atoms with Crippen LogP contribution >= 0.6 is 0 Å². The van der Waals surface area contributed by atoms with Crippen LogP contribution in [-0.2, 0) is 0 Å². The van der Waals surface area contributed by atoms with Crippen LogP contribution in [0, 0.1) is 0 Å². The molecule has 0 bridgehead atoms. The van der Waals surface area contributed by atoms with Gasteiger partial charge in [0.25, 0.3) is 0 Å². The molecule has 1 rings (SSSR count). The first-order valence-electron chi connectivity index (χ1n) is 7.13. The van der Waals surface area contributed by atoms with E-state index in [1.54, 1.807) is 0 Å². The highest BCUT2D eigenvalue weighted by molar-refractivity contribution is 5.17. The second-order valence-corrected chi connectivity index (χ2v) is 4.85. The van der Waals surface area contributed by atoms with Crippen molar-refractivity contribution in [1.82, 2.24) is 5.32 Å². The van der Waals surface area contributed by atoms with Crippen molar-refractivity contribution in [3.8, 4) is 0 Å². The quantitative estimate of drug-likeness (QED) is 0.610. The van der Waals surface area contributed by atoms with Crippen LogP contribution in [0.15, 0.2) is 30.3 Å². The Kier molecular flexibility index (Phi) is 7.74. The predicted octanol–water partition coefficient (Wildman–Crippen LogP) is 4.70. The van der Waals surface area contributed by atoms with Crippen molar-refractivity contribution >= 4 is 0 Å². The molecule has 1 aromatic rings. The fourth-order valence-corrected chi connectivity index (χ4v) is 2.08. The molecule has 0 saturated carbocycles. The van der Waals surface area contributed by atoms with Gasteiger partial charge in [0, 0.05) is 6.04 Å². The maximum atomic E-state index is 3.59. The summed E-state index contributed by atoms with van der Waals surface area (Å²) >= 11 is 0. The summed E-state index contributed by atoms with van der Waals surface area (Å²) in [5.74, 6) is 0. The van der Waals surface area contributed by atoms with E-state index in [1.165, 1.54) is 44.1 Å². The van der Waals surface area contributed by atoms with Gasteiger partial charge >= 0.3 is 0 Å². The fourth-order valence-electron chi connectivity index (χ4n) is 2.08. The first-order chi connectivity index (χ1) is 8.34. The number of nitrogens with one attached hydrogen (secondary N) is 1. The average molecular weight is 233 g/mol. The Balaban J connectivity index is 2.03. The fraction of sp³-hybridized carbons (Fsp3) is 0.625. The van der Waals surface area contributed by atoms with Crippen molar-refractivity contribution in [2.45, 2.75) is 58.4 Å². The Morgan fingerprint density at radius 2 is 1.59 bits per heavy atom. The van der Waals surface area contributed by atoms with Gasteiger partial charge in [-0.15, -0.1) is 0 Å². The molecule has 96 valence electrons. The van der Waals surface area contributed by atoms with Crippen molar-refractivity contribution in [1.29, 1.82) is 0 Å². The SMILES string of the molecule is CCCCCCCCN[C@@H](C)c1ccccc1. The van der Waals surface area contributed by atoms with Gasteiger partial charge < -0.3 is 5.32 Å². The van der Waals surface area contributed by atoms with E-state index in [1.807, 2.05) is 0 Å². The lowest BCUT2D eigenvalue weighted by molar-refractivity contribution is 0.527. The summed E-state index contributed by atoms with van der Waals surface area (Å²) in [4.78, 5) is 0. The van der Waals surface area contributed by atoms with Crippen molar-refractivity contribution in [3.05, 3.63) is 35.9 Å². The highest BCUT2D eigenvalue weighted by Crippen LogP contribution is 2.11. The Hall–Kier alpha value is -0.820. The second-order valence-electron chi connectivity index (χ2n) is 4.85. The monoisotopic (exact) mass is 233 g/mol. The van der Waals surface area contributed by atoms with Crippen molar-refractivity contribution < 1.29 is 0 Å². The molecule has 0 amide bonds. The number of hydrogen-bond donors (Lipinski definition) is 1. The molecule has 17 heavy (non-hydrogen) atoms. The average Bonchev–Trinajstić information content (AvgIpc) is 2.38. The third-order valence-electron chi connectivity index (χ3n) is 3.28. The molecule has 0 aliphatic rings. The van der Waals surface area contributed by atoms with Gasteiger partial charge in [-0.1, -0.05) is 69.4 Å². The lowest BCUT2D eigenvalue weighted by Crippen LogP contribution is -2.19. The van der Waals surface area contributed by atoms with Crippen LogP contribution in [0.4, 0.5) is 0 Å². The molecule has 0 aromatic heterocycles. The Bertz CT molecular complexity index is 268. The smallest absolute Gasteiger partial charge is 0.0291 e. The van der Waals surface area contributed by atoms with E-state index in [0.717, 1.165) is 6.54 Å². The Labute approximate surface area is 107 Å². The van der Waals surface area contributed by atoms with Gasteiger partial charge in [-0.05, 0) is 25.5 Å². The van der Waals surface area contributed by atoms with E-state index in [9.17, 15) is 0 Å². The van der Waals surface area contributed by atoms with Crippen molar-refractivity contribution in [2.75, 3.05) is 6.54 Å². The molecule has 1 aromatic carbocycles. The largest absolute Gasteiger partial charge is 0.310 e. The van der Waals surface area contributed by atoms with Crippen LogP contribution in [-0.4, -0.2) is 6.54 Å². The molecule has 1 N–H and O–H groups in total. The lowest BCUT2D eigenvalue weighted by atomic mass is 10.1. The molecule has 0 aliphatic heterocycles. The van der Waals surface area contributed by atoms with E-state index >= 15 is 0 Å². The van der Waals surface area contributed by atoms with Crippen LogP contribution in [0.3, 0.4) is 0 Å². The summed E-state index contributed by atoms with van der Waals surface area (Å²) in [7, 11) is 0. The third kappa shape index (κ3) is 6.48. The standard InChI is InChI=1S/C16H27N/c1-3-4-5-6-7-11-14-17-15(2)16-12-9-8-10-13-16/h8-10,12-13,15,17H,3-7,11,14H2,1-2H3/t15-/m0/s1. The summed E-state index contributed by atoms with van der Waals surface area (Å²) in [6.45, 7) is 5.65. The topological polar surface area (TPSA) is 12.0 Å². The summed E-state index contributed by atoms with van der Waals surface area (Å²) in [6, 6.07) is 11.2. The van der Waals surface area contributed by atoms with Crippen molar-refractivity contribution in [3.63, 3.8) is 0 Å². The molecule has 1 nitrogen and oxygen atoms in total.